The molecule has 6 heteroatoms. The van der Waals surface area contributed by atoms with Crippen LogP contribution in [0.4, 0.5) is 0 Å². The van der Waals surface area contributed by atoms with E-state index in [1.807, 2.05) is 24.3 Å². The summed E-state index contributed by atoms with van der Waals surface area (Å²) in [6.45, 7) is 0.335. The second-order valence-electron chi connectivity index (χ2n) is 6.61. The Morgan fingerprint density at radius 3 is 2.57 bits per heavy atom. The SMILES string of the molecule is O=C1/C(=C\c2ccc[nH]2)c2ccccc2C(=O)N1Cc1ccc2c(c1)OCO2. The molecule has 0 saturated carbocycles. The number of aromatic amines is 1. The number of hydrogen-bond acceptors (Lipinski definition) is 4. The van der Waals surface area contributed by atoms with Crippen LogP contribution < -0.4 is 9.47 Å². The highest BCUT2D eigenvalue weighted by molar-refractivity contribution is 6.33. The van der Waals surface area contributed by atoms with Gasteiger partial charge in [0.2, 0.25) is 6.79 Å². The number of H-pyrrole nitrogens is 1. The van der Waals surface area contributed by atoms with Crippen LogP contribution in [0.25, 0.3) is 11.6 Å². The minimum atomic E-state index is -0.323. The van der Waals surface area contributed by atoms with Crippen LogP contribution in [-0.2, 0) is 11.3 Å². The molecule has 2 aromatic carbocycles. The van der Waals surface area contributed by atoms with Gasteiger partial charge in [-0.15, -0.1) is 0 Å². The lowest BCUT2D eigenvalue weighted by Gasteiger charge is -2.28. The first-order valence-electron chi connectivity index (χ1n) is 8.90. The van der Waals surface area contributed by atoms with E-state index in [0.717, 1.165) is 11.3 Å². The highest BCUT2D eigenvalue weighted by Gasteiger charge is 2.34. The van der Waals surface area contributed by atoms with Crippen molar-refractivity contribution in [3.63, 3.8) is 0 Å². The first-order chi connectivity index (χ1) is 13.7. The summed E-state index contributed by atoms with van der Waals surface area (Å²) in [5.41, 5.74) is 3.24. The third-order valence-electron chi connectivity index (χ3n) is 4.87. The van der Waals surface area contributed by atoms with Crippen molar-refractivity contribution in [2.24, 2.45) is 0 Å². The van der Waals surface area contributed by atoms with Crippen molar-refractivity contribution in [2.75, 3.05) is 6.79 Å². The van der Waals surface area contributed by atoms with Crippen LogP contribution in [-0.4, -0.2) is 28.5 Å². The zero-order chi connectivity index (χ0) is 19.1. The Labute approximate surface area is 161 Å². The summed E-state index contributed by atoms with van der Waals surface area (Å²) in [6.07, 6.45) is 3.57. The Hall–Kier alpha value is -3.80. The Morgan fingerprint density at radius 1 is 0.929 bits per heavy atom. The van der Waals surface area contributed by atoms with Crippen molar-refractivity contribution in [3.8, 4) is 11.5 Å². The smallest absolute Gasteiger partial charge is 0.261 e. The van der Waals surface area contributed by atoms with Crippen LogP contribution in [0, 0.1) is 0 Å². The number of carbonyl (C=O) groups is 2. The third-order valence-corrected chi connectivity index (χ3v) is 4.87. The van der Waals surface area contributed by atoms with E-state index in [-0.39, 0.29) is 25.2 Å². The Bertz CT molecular complexity index is 1120. The first-order valence-corrected chi connectivity index (χ1v) is 8.90. The molecule has 0 fully saturated rings. The van der Waals surface area contributed by atoms with Gasteiger partial charge >= 0.3 is 0 Å². The number of benzene rings is 2. The molecule has 3 aromatic rings. The van der Waals surface area contributed by atoms with Gasteiger partial charge in [0, 0.05) is 23.0 Å². The van der Waals surface area contributed by atoms with Crippen molar-refractivity contribution in [3.05, 3.63) is 83.2 Å². The summed E-state index contributed by atoms with van der Waals surface area (Å²) in [4.78, 5) is 30.6. The summed E-state index contributed by atoms with van der Waals surface area (Å²) in [5.74, 6) is 0.660. The van der Waals surface area contributed by atoms with Gasteiger partial charge in [-0.3, -0.25) is 14.5 Å². The monoisotopic (exact) mass is 372 g/mol. The van der Waals surface area contributed by atoms with Gasteiger partial charge < -0.3 is 14.5 Å². The number of rotatable bonds is 3. The molecule has 0 atom stereocenters. The molecule has 6 nitrogen and oxygen atoms in total. The maximum atomic E-state index is 13.2. The lowest BCUT2D eigenvalue weighted by molar-refractivity contribution is -0.123. The Kier molecular flexibility index (Phi) is 3.76. The van der Waals surface area contributed by atoms with Crippen LogP contribution in [0.3, 0.4) is 0 Å². The molecule has 0 saturated heterocycles. The van der Waals surface area contributed by atoms with E-state index in [1.54, 1.807) is 42.6 Å². The number of nitrogens with zero attached hydrogens (tertiary/aromatic N) is 1. The molecule has 1 aromatic heterocycles. The molecule has 1 N–H and O–H groups in total. The molecule has 3 heterocycles. The third kappa shape index (κ3) is 2.66. The number of aromatic nitrogens is 1. The van der Waals surface area contributed by atoms with E-state index in [0.29, 0.717) is 28.2 Å². The second-order valence-corrected chi connectivity index (χ2v) is 6.61. The van der Waals surface area contributed by atoms with E-state index in [2.05, 4.69) is 4.98 Å². The first kappa shape index (κ1) is 16.4. The van der Waals surface area contributed by atoms with Crippen molar-refractivity contribution in [1.29, 1.82) is 0 Å². The number of hydrogen-bond donors (Lipinski definition) is 1. The van der Waals surface area contributed by atoms with Crippen molar-refractivity contribution in [2.45, 2.75) is 6.54 Å². The fraction of sp³-hybridized carbons (Fsp3) is 0.0909. The predicted octanol–water partition coefficient (Wildman–Crippen LogP) is 3.47. The average molecular weight is 372 g/mol. The van der Waals surface area contributed by atoms with Crippen molar-refractivity contribution in [1.82, 2.24) is 9.88 Å². The molecule has 0 radical (unpaired) electrons. The average Bonchev–Trinajstić information content (AvgIpc) is 3.40. The molecule has 0 unspecified atom stereocenters. The number of amides is 2. The van der Waals surface area contributed by atoms with Crippen LogP contribution >= 0.6 is 0 Å². The van der Waals surface area contributed by atoms with Gasteiger partial charge in [0.1, 0.15) is 0 Å². The van der Waals surface area contributed by atoms with E-state index in [1.165, 1.54) is 4.90 Å². The Morgan fingerprint density at radius 2 is 1.75 bits per heavy atom. The summed E-state index contributed by atoms with van der Waals surface area (Å²) in [5, 5.41) is 0. The van der Waals surface area contributed by atoms with Gasteiger partial charge in [0.05, 0.1) is 12.1 Å². The Balaban J connectivity index is 1.55. The van der Waals surface area contributed by atoms with E-state index >= 15 is 0 Å². The van der Waals surface area contributed by atoms with Gasteiger partial charge in [-0.1, -0.05) is 24.3 Å². The second kappa shape index (κ2) is 6.42. The van der Waals surface area contributed by atoms with Gasteiger partial charge in [-0.2, -0.15) is 0 Å². The fourth-order valence-corrected chi connectivity index (χ4v) is 3.50. The summed E-state index contributed by atoms with van der Waals surface area (Å²) in [6, 6.07) is 16.4. The molecule has 0 aliphatic carbocycles. The summed E-state index contributed by atoms with van der Waals surface area (Å²) < 4.78 is 10.7. The quantitative estimate of drug-likeness (QED) is 0.565. The van der Waals surface area contributed by atoms with Crippen molar-refractivity contribution < 1.29 is 19.1 Å². The molecular formula is C22H16N2O4. The normalized spacial score (nSPS) is 16.6. The zero-order valence-corrected chi connectivity index (χ0v) is 14.8. The number of fused-ring (bicyclic) bond motifs is 2. The molecular weight excluding hydrogens is 356 g/mol. The van der Waals surface area contributed by atoms with Gasteiger partial charge in [-0.25, -0.2) is 0 Å². The topological polar surface area (TPSA) is 71.6 Å². The number of ether oxygens (including phenoxy) is 2. The largest absolute Gasteiger partial charge is 0.454 e. The minimum absolute atomic E-state index is 0.157. The number of nitrogens with one attached hydrogen (secondary N) is 1. The highest BCUT2D eigenvalue weighted by Crippen LogP contribution is 2.35. The predicted molar refractivity (Wildman–Crippen MR) is 103 cm³/mol. The molecule has 28 heavy (non-hydrogen) atoms. The zero-order valence-electron chi connectivity index (χ0n) is 14.8. The van der Waals surface area contributed by atoms with Crippen LogP contribution in [0.2, 0.25) is 0 Å². The molecule has 2 amide bonds. The maximum Gasteiger partial charge on any atom is 0.261 e. The molecule has 2 aliphatic rings. The van der Waals surface area contributed by atoms with Gasteiger partial charge in [-0.05, 0) is 42.0 Å². The van der Waals surface area contributed by atoms with Gasteiger partial charge in [0.15, 0.2) is 11.5 Å². The molecule has 0 spiro atoms. The summed E-state index contributed by atoms with van der Waals surface area (Å²) in [7, 11) is 0. The van der Waals surface area contributed by atoms with E-state index in [9.17, 15) is 9.59 Å². The fourth-order valence-electron chi connectivity index (χ4n) is 3.50. The molecule has 138 valence electrons. The van der Waals surface area contributed by atoms with Crippen LogP contribution in [0.15, 0.2) is 60.8 Å². The number of carbonyl (C=O) groups excluding carboxylic acids is 2. The number of imide groups is 1. The maximum absolute atomic E-state index is 13.2. The van der Waals surface area contributed by atoms with Crippen LogP contribution in [0.1, 0.15) is 27.2 Å². The van der Waals surface area contributed by atoms with Crippen LogP contribution in [0.5, 0.6) is 11.5 Å². The lowest BCUT2D eigenvalue weighted by atomic mass is 9.92. The summed E-state index contributed by atoms with van der Waals surface area (Å²) >= 11 is 0. The standard InChI is InChI=1S/C22H16N2O4/c25-21-17-6-2-1-5-16(17)18(11-15-4-3-9-23-15)22(26)24(21)12-14-7-8-19-20(10-14)28-13-27-19/h1-11,23H,12-13H2/b18-11-. The molecule has 2 aliphatic heterocycles. The van der Waals surface area contributed by atoms with E-state index < -0.39 is 0 Å². The van der Waals surface area contributed by atoms with E-state index in [4.69, 9.17) is 9.47 Å². The highest BCUT2D eigenvalue weighted by atomic mass is 16.7. The molecule has 5 rings (SSSR count). The molecule has 0 bridgehead atoms. The lowest BCUT2D eigenvalue weighted by Crippen LogP contribution is -2.41. The minimum Gasteiger partial charge on any atom is -0.454 e. The van der Waals surface area contributed by atoms with Gasteiger partial charge in [0.25, 0.3) is 11.8 Å². The van der Waals surface area contributed by atoms with Crippen molar-refractivity contribution >= 4 is 23.5 Å².